The summed E-state index contributed by atoms with van der Waals surface area (Å²) < 4.78 is 5.59. The number of carbonyl (C=O) groups is 3. The number of rotatable bonds is 9. The molecule has 0 aromatic heterocycles. The van der Waals surface area contributed by atoms with Crippen molar-refractivity contribution in [2.24, 2.45) is 0 Å². The zero-order chi connectivity index (χ0) is 23.6. The van der Waals surface area contributed by atoms with Gasteiger partial charge in [-0.1, -0.05) is 74.2 Å². The standard InChI is InChI=1S/C26H28N2O5/c1-2-3-9-18(16-24(29)27-15-8-14-25(30)31)28-26(32)33-17-23-21-12-6-4-10-19(21)20-11-5-7-13-22(20)23/h4-7,10-13,18,23H,2-3,9,15-17H2,1H3,(H,27,29)(H,28,32)(H,30,31). The first kappa shape index (κ1) is 23.9. The summed E-state index contributed by atoms with van der Waals surface area (Å²) in [7, 11) is 0. The number of fused-ring (bicyclic) bond motifs is 3. The average Bonchev–Trinajstić information content (AvgIpc) is 3.12. The van der Waals surface area contributed by atoms with Gasteiger partial charge in [0.15, 0.2) is 0 Å². The molecule has 0 fully saturated rings. The van der Waals surface area contributed by atoms with Crippen molar-refractivity contribution in [3.63, 3.8) is 0 Å². The van der Waals surface area contributed by atoms with Crippen LogP contribution in [0.4, 0.5) is 4.79 Å². The molecule has 33 heavy (non-hydrogen) atoms. The lowest BCUT2D eigenvalue weighted by atomic mass is 9.98. The topological polar surface area (TPSA) is 105 Å². The van der Waals surface area contributed by atoms with Gasteiger partial charge in [0.05, 0.1) is 6.54 Å². The van der Waals surface area contributed by atoms with Crippen molar-refractivity contribution < 1.29 is 24.2 Å². The molecule has 0 saturated carbocycles. The number of carboxylic acid groups (broad SMARTS) is 1. The van der Waals surface area contributed by atoms with Crippen molar-refractivity contribution in [1.29, 1.82) is 0 Å². The molecule has 7 heteroatoms. The minimum absolute atomic E-state index is 0.0339. The molecule has 2 amide bonds. The first-order chi connectivity index (χ1) is 16.0. The Balaban J connectivity index is 1.57. The molecule has 0 saturated heterocycles. The lowest BCUT2D eigenvalue weighted by Crippen LogP contribution is -2.40. The SMILES string of the molecule is CCCCC(CC(=O)NCC#CC(=O)O)NC(=O)OCC1c2ccccc2-c2ccccc21. The molecule has 0 radical (unpaired) electrons. The molecular formula is C26H28N2O5. The molecule has 1 aliphatic rings. The predicted octanol–water partition coefficient (Wildman–Crippen LogP) is 3.68. The summed E-state index contributed by atoms with van der Waals surface area (Å²) in [4.78, 5) is 35.1. The summed E-state index contributed by atoms with van der Waals surface area (Å²) in [5, 5.41) is 13.9. The fourth-order valence-corrected chi connectivity index (χ4v) is 4.04. The number of carbonyl (C=O) groups excluding carboxylic acids is 2. The number of hydrogen-bond donors (Lipinski definition) is 3. The number of hydrogen-bond acceptors (Lipinski definition) is 4. The largest absolute Gasteiger partial charge is 0.472 e. The van der Waals surface area contributed by atoms with Crippen LogP contribution in [0.1, 0.15) is 49.7 Å². The van der Waals surface area contributed by atoms with E-state index in [9.17, 15) is 14.4 Å². The van der Waals surface area contributed by atoms with E-state index in [0.717, 1.165) is 35.1 Å². The number of amides is 2. The minimum atomic E-state index is -1.25. The second-order valence-corrected chi connectivity index (χ2v) is 7.90. The van der Waals surface area contributed by atoms with Gasteiger partial charge in [-0.25, -0.2) is 9.59 Å². The van der Waals surface area contributed by atoms with Gasteiger partial charge in [0.1, 0.15) is 6.61 Å². The van der Waals surface area contributed by atoms with Crippen LogP contribution in [0, 0.1) is 11.8 Å². The van der Waals surface area contributed by atoms with Gasteiger partial charge in [0, 0.05) is 24.3 Å². The first-order valence-corrected chi connectivity index (χ1v) is 11.1. The Hall–Kier alpha value is -3.79. The molecule has 2 aromatic rings. The number of carboxylic acids is 1. The summed E-state index contributed by atoms with van der Waals surface area (Å²) in [6.07, 6.45) is 1.92. The number of alkyl carbamates (subject to hydrolysis) is 1. The van der Waals surface area contributed by atoms with Gasteiger partial charge in [-0.05, 0) is 28.7 Å². The van der Waals surface area contributed by atoms with Crippen LogP contribution in [0.15, 0.2) is 48.5 Å². The predicted molar refractivity (Wildman–Crippen MR) is 125 cm³/mol. The quantitative estimate of drug-likeness (QED) is 0.508. The average molecular weight is 449 g/mol. The van der Waals surface area contributed by atoms with Crippen molar-refractivity contribution in [2.75, 3.05) is 13.2 Å². The molecule has 3 N–H and O–H groups in total. The van der Waals surface area contributed by atoms with E-state index in [4.69, 9.17) is 9.84 Å². The Morgan fingerprint density at radius 1 is 1.06 bits per heavy atom. The third-order valence-corrected chi connectivity index (χ3v) is 5.57. The molecule has 0 heterocycles. The second-order valence-electron chi connectivity index (χ2n) is 7.90. The van der Waals surface area contributed by atoms with Crippen LogP contribution in [0.3, 0.4) is 0 Å². The minimum Gasteiger partial charge on any atom is -0.472 e. The summed E-state index contributed by atoms with van der Waals surface area (Å²) in [5.74, 6) is 2.70. The lowest BCUT2D eigenvalue weighted by Gasteiger charge is -2.19. The highest BCUT2D eigenvalue weighted by molar-refractivity contribution is 5.86. The Morgan fingerprint density at radius 3 is 2.30 bits per heavy atom. The van der Waals surface area contributed by atoms with E-state index in [1.54, 1.807) is 0 Å². The molecule has 1 atom stereocenters. The van der Waals surface area contributed by atoms with Crippen LogP contribution in [0.25, 0.3) is 11.1 Å². The van der Waals surface area contributed by atoms with Crippen LogP contribution in [0.2, 0.25) is 0 Å². The number of nitrogens with one attached hydrogen (secondary N) is 2. The molecule has 7 nitrogen and oxygen atoms in total. The van der Waals surface area contributed by atoms with Crippen LogP contribution in [0.5, 0.6) is 0 Å². The molecule has 172 valence electrons. The monoisotopic (exact) mass is 448 g/mol. The molecule has 0 spiro atoms. The normalized spacial score (nSPS) is 12.5. The van der Waals surface area contributed by atoms with Crippen molar-refractivity contribution in [2.45, 2.75) is 44.6 Å². The molecule has 0 aliphatic heterocycles. The highest BCUT2D eigenvalue weighted by atomic mass is 16.5. The van der Waals surface area contributed by atoms with Gasteiger partial charge in [-0.3, -0.25) is 4.79 Å². The number of ether oxygens (including phenoxy) is 1. The summed E-state index contributed by atoms with van der Waals surface area (Å²) in [6.45, 7) is 2.18. The fraction of sp³-hybridized carbons (Fsp3) is 0.346. The highest BCUT2D eigenvalue weighted by Gasteiger charge is 2.29. The van der Waals surface area contributed by atoms with E-state index in [2.05, 4.69) is 40.8 Å². The third kappa shape index (κ3) is 6.59. The summed E-state index contributed by atoms with van der Waals surface area (Å²) >= 11 is 0. The van der Waals surface area contributed by atoms with E-state index in [1.807, 2.05) is 37.1 Å². The molecular weight excluding hydrogens is 420 g/mol. The Morgan fingerprint density at radius 2 is 1.70 bits per heavy atom. The van der Waals surface area contributed by atoms with Gasteiger partial charge in [0.2, 0.25) is 5.91 Å². The summed E-state index contributed by atoms with van der Waals surface area (Å²) in [5.41, 5.74) is 4.59. The Kier molecular flexibility index (Phi) is 8.48. The van der Waals surface area contributed by atoms with E-state index in [0.29, 0.717) is 6.42 Å². The number of benzene rings is 2. The van der Waals surface area contributed by atoms with Crippen LogP contribution in [-0.4, -0.2) is 42.3 Å². The van der Waals surface area contributed by atoms with E-state index >= 15 is 0 Å². The highest BCUT2D eigenvalue weighted by Crippen LogP contribution is 2.44. The van der Waals surface area contributed by atoms with Crippen molar-refractivity contribution in [3.8, 4) is 23.0 Å². The van der Waals surface area contributed by atoms with Crippen molar-refractivity contribution in [3.05, 3.63) is 59.7 Å². The van der Waals surface area contributed by atoms with E-state index in [-0.39, 0.29) is 37.4 Å². The van der Waals surface area contributed by atoms with Crippen LogP contribution < -0.4 is 10.6 Å². The molecule has 1 unspecified atom stereocenters. The van der Waals surface area contributed by atoms with Crippen molar-refractivity contribution in [1.82, 2.24) is 10.6 Å². The molecule has 3 rings (SSSR count). The molecule has 1 aliphatic carbocycles. The van der Waals surface area contributed by atoms with Gasteiger partial charge < -0.3 is 20.5 Å². The van der Waals surface area contributed by atoms with Crippen LogP contribution in [-0.2, 0) is 14.3 Å². The molecule has 0 bridgehead atoms. The maximum atomic E-state index is 12.6. The zero-order valence-corrected chi connectivity index (χ0v) is 18.6. The summed E-state index contributed by atoms with van der Waals surface area (Å²) in [6, 6.07) is 15.9. The molecule has 2 aromatic carbocycles. The Bertz CT molecular complexity index is 1020. The third-order valence-electron chi connectivity index (χ3n) is 5.57. The van der Waals surface area contributed by atoms with E-state index in [1.165, 1.54) is 0 Å². The van der Waals surface area contributed by atoms with E-state index < -0.39 is 12.1 Å². The van der Waals surface area contributed by atoms with Gasteiger partial charge in [0.25, 0.3) is 0 Å². The Labute approximate surface area is 193 Å². The van der Waals surface area contributed by atoms with Crippen LogP contribution >= 0.6 is 0 Å². The smallest absolute Gasteiger partial charge is 0.407 e. The fourth-order valence-electron chi connectivity index (χ4n) is 4.04. The second kappa shape index (κ2) is 11.7. The maximum absolute atomic E-state index is 12.6. The van der Waals surface area contributed by atoms with Gasteiger partial charge >= 0.3 is 12.1 Å². The number of aliphatic carboxylic acids is 1. The van der Waals surface area contributed by atoms with Gasteiger partial charge in [-0.2, -0.15) is 0 Å². The zero-order valence-electron chi connectivity index (χ0n) is 18.6. The van der Waals surface area contributed by atoms with Gasteiger partial charge in [-0.15, -0.1) is 0 Å². The first-order valence-electron chi connectivity index (χ1n) is 11.1. The lowest BCUT2D eigenvalue weighted by molar-refractivity contribution is -0.130. The number of unbranched alkanes of at least 4 members (excludes halogenated alkanes) is 1. The van der Waals surface area contributed by atoms with Crippen molar-refractivity contribution >= 4 is 18.0 Å². The maximum Gasteiger partial charge on any atom is 0.407 e.